The molecule has 0 spiro atoms. The van der Waals surface area contributed by atoms with Crippen molar-refractivity contribution in [3.63, 3.8) is 0 Å². The predicted molar refractivity (Wildman–Crippen MR) is 92.9 cm³/mol. The number of piperidine rings is 1. The molecule has 1 N–H and O–H groups in total. The number of hydrogen-bond acceptors (Lipinski definition) is 6. The highest BCUT2D eigenvalue weighted by Crippen LogP contribution is 2.17. The first-order chi connectivity index (χ1) is 12.5. The Kier molecular flexibility index (Phi) is 5.45. The van der Waals surface area contributed by atoms with Gasteiger partial charge in [-0.1, -0.05) is 0 Å². The van der Waals surface area contributed by atoms with Gasteiger partial charge in [-0.3, -0.25) is 14.6 Å². The Bertz CT molecular complexity index is 874. The van der Waals surface area contributed by atoms with Gasteiger partial charge in [0, 0.05) is 37.8 Å². The van der Waals surface area contributed by atoms with Crippen molar-refractivity contribution >= 4 is 5.91 Å². The summed E-state index contributed by atoms with van der Waals surface area (Å²) in [5, 5.41) is 7.96. The smallest absolute Gasteiger partial charge is 0.328 e. The first-order valence-electron chi connectivity index (χ1n) is 8.56. The first kappa shape index (κ1) is 17.8. The maximum absolute atomic E-state index is 12.4. The number of nitrogens with zero attached hydrogens (tertiary/aromatic N) is 4. The van der Waals surface area contributed by atoms with E-state index in [1.54, 1.807) is 11.0 Å². The van der Waals surface area contributed by atoms with Gasteiger partial charge in [0.15, 0.2) is 0 Å². The lowest BCUT2D eigenvalue weighted by Crippen LogP contribution is -2.45. The van der Waals surface area contributed by atoms with Gasteiger partial charge < -0.3 is 14.2 Å². The molecule has 0 radical (unpaired) electrons. The van der Waals surface area contributed by atoms with Crippen LogP contribution >= 0.6 is 0 Å². The lowest BCUT2D eigenvalue weighted by molar-refractivity contribution is -0.134. The molecule has 2 aromatic rings. The summed E-state index contributed by atoms with van der Waals surface area (Å²) >= 11 is 0. The zero-order valence-corrected chi connectivity index (χ0v) is 14.6. The molecular weight excluding hydrogens is 338 g/mol. The number of H-pyrrole nitrogens is 1. The number of carbonyl (C=O) groups excluding carboxylic acids is 1. The van der Waals surface area contributed by atoms with Crippen molar-refractivity contribution in [1.29, 1.82) is 0 Å². The summed E-state index contributed by atoms with van der Waals surface area (Å²) in [6.07, 6.45) is 3.14. The van der Waals surface area contributed by atoms with E-state index in [2.05, 4.69) is 15.2 Å². The third kappa shape index (κ3) is 4.56. The van der Waals surface area contributed by atoms with Gasteiger partial charge in [0.05, 0.1) is 12.2 Å². The largest absolute Gasteiger partial charge is 0.471 e. The van der Waals surface area contributed by atoms with E-state index in [1.807, 2.05) is 13.0 Å². The second-order valence-electron chi connectivity index (χ2n) is 6.29. The lowest BCUT2D eigenvalue weighted by atomic mass is 10.1. The molecule has 0 unspecified atom stereocenters. The molecule has 0 saturated carbocycles. The molecule has 0 aliphatic carbocycles. The lowest BCUT2D eigenvalue weighted by Gasteiger charge is -2.32. The number of ether oxygens (including phenoxy) is 1. The number of aromatic nitrogens is 4. The Balaban J connectivity index is 1.54. The summed E-state index contributed by atoms with van der Waals surface area (Å²) in [5.41, 5.74) is -0.147. The zero-order valence-electron chi connectivity index (χ0n) is 14.6. The zero-order chi connectivity index (χ0) is 18.5. The van der Waals surface area contributed by atoms with Crippen LogP contribution in [0.15, 0.2) is 34.0 Å². The molecule has 9 nitrogen and oxygen atoms in total. The Labute approximate surface area is 149 Å². The van der Waals surface area contributed by atoms with Crippen LogP contribution in [-0.2, 0) is 11.3 Å². The monoisotopic (exact) mass is 359 g/mol. The van der Waals surface area contributed by atoms with E-state index in [1.165, 1.54) is 16.8 Å². The number of carbonyl (C=O) groups is 1. The second-order valence-corrected chi connectivity index (χ2v) is 6.29. The first-order valence-corrected chi connectivity index (χ1v) is 8.56. The highest BCUT2D eigenvalue weighted by molar-refractivity contribution is 5.76. The summed E-state index contributed by atoms with van der Waals surface area (Å²) in [6.45, 7) is 3.22. The summed E-state index contributed by atoms with van der Waals surface area (Å²) in [5.74, 6) is 0.404. The molecule has 0 bridgehead atoms. The summed E-state index contributed by atoms with van der Waals surface area (Å²) in [4.78, 5) is 39.1. The van der Waals surface area contributed by atoms with Crippen LogP contribution in [0.5, 0.6) is 5.88 Å². The molecule has 0 aromatic carbocycles. The van der Waals surface area contributed by atoms with E-state index in [-0.39, 0.29) is 25.0 Å². The number of likely N-dealkylation sites (tertiary alicyclic amines) is 1. The third-order valence-electron chi connectivity index (χ3n) is 4.26. The fourth-order valence-corrected chi connectivity index (χ4v) is 2.88. The predicted octanol–water partition coefficient (Wildman–Crippen LogP) is 0.0951. The van der Waals surface area contributed by atoms with Crippen molar-refractivity contribution in [2.24, 2.45) is 0 Å². The van der Waals surface area contributed by atoms with Gasteiger partial charge >= 0.3 is 5.69 Å². The van der Waals surface area contributed by atoms with Gasteiger partial charge in [-0.15, -0.1) is 5.10 Å². The van der Waals surface area contributed by atoms with E-state index < -0.39 is 11.2 Å². The molecular formula is C17H21N5O4. The Hall–Kier alpha value is -2.97. The number of rotatable bonds is 5. The van der Waals surface area contributed by atoms with Crippen LogP contribution in [0.3, 0.4) is 0 Å². The summed E-state index contributed by atoms with van der Waals surface area (Å²) in [7, 11) is 0. The van der Waals surface area contributed by atoms with Crippen LogP contribution in [0, 0.1) is 6.92 Å². The van der Waals surface area contributed by atoms with Gasteiger partial charge in [-0.2, -0.15) is 5.10 Å². The number of amides is 1. The molecule has 138 valence electrons. The molecule has 1 saturated heterocycles. The van der Waals surface area contributed by atoms with Gasteiger partial charge in [0.25, 0.3) is 5.56 Å². The molecule has 1 amide bonds. The quantitative estimate of drug-likeness (QED) is 0.810. The highest BCUT2D eigenvalue weighted by atomic mass is 16.5. The van der Waals surface area contributed by atoms with Crippen LogP contribution in [-0.4, -0.2) is 49.7 Å². The molecule has 3 heterocycles. The minimum atomic E-state index is -0.511. The van der Waals surface area contributed by atoms with E-state index in [4.69, 9.17) is 4.74 Å². The number of nitrogens with one attached hydrogen (secondary N) is 1. The SMILES string of the molecule is Cc1ccc(O[C@@H]2CCCN(C(=O)CCn3ccc(=O)[nH]c3=O)C2)nn1. The van der Waals surface area contributed by atoms with Crippen molar-refractivity contribution in [2.45, 2.75) is 38.8 Å². The fourth-order valence-electron chi connectivity index (χ4n) is 2.88. The maximum atomic E-state index is 12.4. The third-order valence-corrected chi connectivity index (χ3v) is 4.26. The van der Waals surface area contributed by atoms with Crippen LogP contribution in [0.4, 0.5) is 0 Å². The van der Waals surface area contributed by atoms with Crippen molar-refractivity contribution < 1.29 is 9.53 Å². The van der Waals surface area contributed by atoms with E-state index in [0.717, 1.165) is 18.5 Å². The molecule has 9 heteroatoms. The van der Waals surface area contributed by atoms with Crippen molar-refractivity contribution in [3.8, 4) is 5.88 Å². The minimum absolute atomic E-state index is 0.0496. The Morgan fingerprint density at radius 2 is 2.15 bits per heavy atom. The molecule has 1 aliphatic rings. The summed E-state index contributed by atoms with van der Waals surface area (Å²) < 4.78 is 7.14. The fraction of sp³-hybridized carbons (Fsp3) is 0.471. The number of aryl methyl sites for hydroxylation is 2. The van der Waals surface area contributed by atoms with Crippen LogP contribution in [0.2, 0.25) is 0 Å². The van der Waals surface area contributed by atoms with E-state index in [0.29, 0.717) is 19.0 Å². The molecule has 3 rings (SSSR count). The van der Waals surface area contributed by atoms with Crippen molar-refractivity contribution in [2.75, 3.05) is 13.1 Å². The van der Waals surface area contributed by atoms with Gasteiger partial charge in [-0.05, 0) is 25.8 Å². The van der Waals surface area contributed by atoms with Gasteiger partial charge in [0.1, 0.15) is 6.10 Å². The molecule has 1 fully saturated rings. The average molecular weight is 359 g/mol. The van der Waals surface area contributed by atoms with Crippen molar-refractivity contribution in [1.82, 2.24) is 24.6 Å². The maximum Gasteiger partial charge on any atom is 0.328 e. The number of aromatic amines is 1. The van der Waals surface area contributed by atoms with Crippen LogP contribution in [0.1, 0.15) is 25.0 Å². The van der Waals surface area contributed by atoms with Crippen LogP contribution < -0.4 is 16.0 Å². The molecule has 2 aromatic heterocycles. The van der Waals surface area contributed by atoms with Crippen molar-refractivity contribution in [3.05, 3.63) is 50.9 Å². The molecule has 26 heavy (non-hydrogen) atoms. The average Bonchev–Trinajstić information content (AvgIpc) is 2.63. The Morgan fingerprint density at radius 1 is 1.31 bits per heavy atom. The minimum Gasteiger partial charge on any atom is -0.471 e. The Morgan fingerprint density at radius 3 is 2.88 bits per heavy atom. The highest BCUT2D eigenvalue weighted by Gasteiger charge is 2.25. The van der Waals surface area contributed by atoms with E-state index >= 15 is 0 Å². The topological polar surface area (TPSA) is 110 Å². The number of hydrogen-bond donors (Lipinski definition) is 1. The van der Waals surface area contributed by atoms with E-state index in [9.17, 15) is 14.4 Å². The molecule has 1 atom stereocenters. The van der Waals surface area contributed by atoms with Crippen LogP contribution in [0.25, 0.3) is 0 Å². The summed E-state index contributed by atoms with van der Waals surface area (Å²) in [6, 6.07) is 4.86. The van der Waals surface area contributed by atoms with Gasteiger partial charge in [0.2, 0.25) is 11.8 Å². The standard InChI is InChI=1S/C17H21N5O4/c1-12-4-5-15(20-19-12)26-13-3-2-8-22(11-13)16(24)7-10-21-9-6-14(23)18-17(21)25/h4-6,9,13H,2-3,7-8,10-11H2,1H3,(H,18,23,25)/t13-/m1/s1. The normalized spacial score (nSPS) is 17.1. The molecule has 1 aliphatic heterocycles. The van der Waals surface area contributed by atoms with Gasteiger partial charge in [-0.25, -0.2) is 4.79 Å². The second kappa shape index (κ2) is 7.94.